The summed E-state index contributed by atoms with van der Waals surface area (Å²) >= 11 is 0. The quantitative estimate of drug-likeness (QED) is 0.676. The van der Waals surface area contributed by atoms with Crippen molar-refractivity contribution >= 4 is 5.91 Å². The molecule has 0 aromatic carbocycles. The van der Waals surface area contributed by atoms with E-state index in [2.05, 4.69) is 0 Å². The van der Waals surface area contributed by atoms with Gasteiger partial charge in [0.2, 0.25) is 0 Å². The predicted octanol–water partition coefficient (Wildman–Crippen LogP) is 2.15. The van der Waals surface area contributed by atoms with E-state index in [1.54, 1.807) is 0 Å². The number of rotatable bonds is 3. The van der Waals surface area contributed by atoms with Crippen molar-refractivity contribution in [1.29, 1.82) is 0 Å². The van der Waals surface area contributed by atoms with E-state index in [-0.39, 0.29) is 19.0 Å². The summed E-state index contributed by atoms with van der Waals surface area (Å²) in [6.07, 6.45) is -2.54. The van der Waals surface area contributed by atoms with Crippen molar-refractivity contribution < 1.29 is 22.4 Å². The average Bonchev–Trinajstić information content (AvgIpc) is 2.64. The SMILES string of the molecule is CCC1CCN(C(=O)C(F)(F)C(F)F)C1. The fourth-order valence-electron chi connectivity index (χ4n) is 1.65. The van der Waals surface area contributed by atoms with E-state index < -0.39 is 18.3 Å². The normalized spacial score (nSPS) is 22.5. The lowest BCUT2D eigenvalue weighted by Crippen LogP contribution is -2.46. The lowest BCUT2D eigenvalue weighted by atomic mass is 10.1. The van der Waals surface area contributed by atoms with Crippen LogP contribution in [-0.2, 0) is 4.79 Å². The molecule has 1 unspecified atom stereocenters. The van der Waals surface area contributed by atoms with E-state index in [0.29, 0.717) is 6.42 Å². The first kappa shape index (κ1) is 12.3. The minimum Gasteiger partial charge on any atom is -0.337 e. The number of halogens is 4. The monoisotopic (exact) mass is 227 g/mol. The van der Waals surface area contributed by atoms with Gasteiger partial charge in [0.1, 0.15) is 0 Å². The summed E-state index contributed by atoms with van der Waals surface area (Å²) in [5.74, 6) is -6.13. The molecule has 0 bridgehead atoms. The second kappa shape index (κ2) is 4.37. The average molecular weight is 227 g/mol. The number of carbonyl (C=O) groups excluding carboxylic acids is 1. The van der Waals surface area contributed by atoms with Crippen LogP contribution >= 0.6 is 0 Å². The van der Waals surface area contributed by atoms with Crippen LogP contribution in [0.5, 0.6) is 0 Å². The lowest BCUT2D eigenvalue weighted by Gasteiger charge is -2.22. The van der Waals surface area contributed by atoms with Crippen molar-refractivity contribution in [1.82, 2.24) is 4.90 Å². The topological polar surface area (TPSA) is 20.3 Å². The van der Waals surface area contributed by atoms with Gasteiger partial charge in [-0.1, -0.05) is 13.3 Å². The van der Waals surface area contributed by atoms with Gasteiger partial charge in [0, 0.05) is 13.1 Å². The molecule has 88 valence electrons. The van der Waals surface area contributed by atoms with Gasteiger partial charge in [-0.2, -0.15) is 8.78 Å². The maximum absolute atomic E-state index is 12.7. The van der Waals surface area contributed by atoms with Crippen LogP contribution in [0.2, 0.25) is 0 Å². The Labute approximate surface area is 85.2 Å². The molecule has 0 aromatic rings. The third kappa shape index (κ3) is 2.41. The summed E-state index contributed by atoms with van der Waals surface area (Å²) in [6.45, 7) is 2.20. The standard InChI is InChI=1S/C9H13F4NO/c1-2-6-3-4-14(5-6)8(15)9(12,13)7(10)11/h6-7H,2-5H2,1H3. The van der Waals surface area contributed by atoms with Crippen molar-refractivity contribution in [3.8, 4) is 0 Å². The predicted molar refractivity (Wildman–Crippen MR) is 45.9 cm³/mol. The highest BCUT2D eigenvalue weighted by Crippen LogP contribution is 2.29. The van der Waals surface area contributed by atoms with E-state index in [1.807, 2.05) is 6.92 Å². The molecule has 1 atom stereocenters. The van der Waals surface area contributed by atoms with Gasteiger partial charge < -0.3 is 4.90 Å². The fraction of sp³-hybridized carbons (Fsp3) is 0.889. The first-order chi connectivity index (χ1) is 6.89. The summed E-state index contributed by atoms with van der Waals surface area (Å²) < 4.78 is 49.2. The molecular weight excluding hydrogens is 214 g/mol. The Morgan fingerprint density at radius 1 is 1.53 bits per heavy atom. The van der Waals surface area contributed by atoms with Crippen molar-refractivity contribution in [2.24, 2.45) is 5.92 Å². The van der Waals surface area contributed by atoms with Gasteiger partial charge in [-0.3, -0.25) is 4.79 Å². The second-order valence-corrected chi connectivity index (χ2v) is 3.74. The van der Waals surface area contributed by atoms with Crippen LogP contribution in [-0.4, -0.2) is 36.2 Å². The molecule has 1 aliphatic rings. The van der Waals surface area contributed by atoms with Crippen LogP contribution in [0, 0.1) is 5.92 Å². The van der Waals surface area contributed by atoms with Gasteiger partial charge >= 0.3 is 12.3 Å². The van der Waals surface area contributed by atoms with Gasteiger partial charge in [-0.15, -0.1) is 0 Å². The Hall–Kier alpha value is -0.810. The molecule has 0 spiro atoms. The first-order valence-electron chi connectivity index (χ1n) is 4.85. The molecule has 0 aromatic heterocycles. The molecule has 1 heterocycles. The Bertz CT molecular complexity index is 244. The van der Waals surface area contributed by atoms with Crippen molar-refractivity contribution in [3.63, 3.8) is 0 Å². The van der Waals surface area contributed by atoms with E-state index in [1.165, 1.54) is 0 Å². The Kier molecular flexibility index (Phi) is 3.57. The van der Waals surface area contributed by atoms with Crippen LogP contribution in [0.3, 0.4) is 0 Å². The van der Waals surface area contributed by atoms with Crippen LogP contribution in [0.15, 0.2) is 0 Å². The van der Waals surface area contributed by atoms with Crippen LogP contribution < -0.4 is 0 Å². The van der Waals surface area contributed by atoms with E-state index in [9.17, 15) is 22.4 Å². The van der Waals surface area contributed by atoms with E-state index >= 15 is 0 Å². The highest BCUT2D eigenvalue weighted by molar-refractivity contribution is 5.84. The molecule has 1 amide bonds. The molecule has 0 saturated carbocycles. The number of hydrogen-bond donors (Lipinski definition) is 0. The highest BCUT2D eigenvalue weighted by atomic mass is 19.3. The molecule has 0 radical (unpaired) electrons. The number of nitrogens with zero attached hydrogens (tertiary/aromatic N) is 1. The van der Waals surface area contributed by atoms with Crippen molar-refractivity contribution in [2.75, 3.05) is 13.1 Å². The Balaban J connectivity index is 2.62. The summed E-state index contributed by atoms with van der Waals surface area (Å²) in [6, 6.07) is 0. The second-order valence-electron chi connectivity index (χ2n) is 3.74. The van der Waals surface area contributed by atoms with Gasteiger partial charge in [0.05, 0.1) is 0 Å². The molecule has 1 rings (SSSR count). The third-order valence-electron chi connectivity index (χ3n) is 2.71. The molecule has 2 nitrogen and oxygen atoms in total. The highest BCUT2D eigenvalue weighted by Gasteiger charge is 2.51. The number of likely N-dealkylation sites (tertiary alicyclic amines) is 1. The number of hydrogen-bond acceptors (Lipinski definition) is 1. The van der Waals surface area contributed by atoms with E-state index in [0.717, 1.165) is 11.3 Å². The maximum atomic E-state index is 12.7. The zero-order chi connectivity index (χ0) is 11.6. The van der Waals surface area contributed by atoms with Crippen LogP contribution in [0.4, 0.5) is 17.6 Å². The van der Waals surface area contributed by atoms with Gasteiger partial charge in [-0.25, -0.2) is 8.78 Å². The molecule has 1 saturated heterocycles. The summed E-state index contributed by atoms with van der Waals surface area (Å²) in [4.78, 5) is 11.9. The Morgan fingerprint density at radius 3 is 2.53 bits per heavy atom. The first-order valence-corrected chi connectivity index (χ1v) is 4.85. The van der Waals surface area contributed by atoms with Crippen molar-refractivity contribution in [3.05, 3.63) is 0 Å². The number of carbonyl (C=O) groups is 1. The smallest absolute Gasteiger partial charge is 0.337 e. The fourth-order valence-corrected chi connectivity index (χ4v) is 1.65. The maximum Gasteiger partial charge on any atom is 0.383 e. The zero-order valence-corrected chi connectivity index (χ0v) is 8.35. The number of alkyl halides is 4. The third-order valence-corrected chi connectivity index (χ3v) is 2.71. The lowest BCUT2D eigenvalue weighted by molar-refractivity contribution is -0.179. The Morgan fingerprint density at radius 2 is 2.13 bits per heavy atom. The number of amides is 1. The minimum absolute atomic E-state index is 0.152. The zero-order valence-electron chi connectivity index (χ0n) is 8.35. The van der Waals surface area contributed by atoms with Gasteiger partial charge in [0.25, 0.3) is 5.91 Å². The molecule has 6 heteroatoms. The molecule has 1 fully saturated rings. The van der Waals surface area contributed by atoms with E-state index in [4.69, 9.17) is 0 Å². The van der Waals surface area contributed by atoms with Crippen molar-refractivity contribution in [2.45, 2.75) is 32.1 Å². The molecular formula is C9H13F4NO. The van der Waals surface area contributed by atoms with Gasteiger partial charge in [0.15, 0.2) is 0 Å². The minimum atomic E-state index is -4.54. The molecule has 15 heavy (non-hydrogen) atoms. The van der Waals surface area contributed by atoms with Crippen LogP contribution in [0.1, 0.15) is 19.8 Å². The van der Waals surface area contributed by atoms with Gasteiger partial charge in [-0.05, 0) is 12.3 Å². The largest absolute Gasteiger partial charge is 0.383 e. The summed E-state index contributed by atoms with van der Waals surface area (Å²) in [5, 5.41) is 0. The summed E-state index contributed by atoms with van der Waals surface area (Å²) in [7, 11) is 0. The summed E-state index contributed by atoms with van der Waals surface area (Å²) in [5.41, 5.74) is 0. The molecule has 0 aliphatic carbocycles. The van der Waals surface area contributed by atoms with Crippen LogP contribution in [0.25, 0.3) is 0 Å². The molecule has 1 aliphatic heterocycles. The molecule has 0 N–H and O–H groups in total.